The topological polar surface area (TPSA) is 80.8 Å². The van der Waals surface area contributed by atoms with Crippen LogP contribution in [0.15, 0.2) is 42.5 Å². The van der Waals surface area contributed by atoms with Crippen molar-refractivity contribution in [2.75, 3.05) is 4.90 Å². The van der Waals surface area contributed by atoms with Gasteiger partial charge in [-0.25, -0.2) is 4.79 Å². The van der Waals surface area contributed by atoms with Gasteiger partial charge in [0.25, 0.3) is 0 Å². The number of carbonyl (C=O) groups excluding carboxylic acids is 4. The molecule has 0 aliphatic rings. The highest BCUT2D eigenvalue weighted by Crippen LogP contribution is 2.26. The number of amides is 1. The third kappa shape index (κ3) is 6.90. The Labute approximate surface area is 197 Å². The smallest absolute Gasteiger partial charge is 0.375 e. The molecule has 0 bridgehead atoms. The zero-order valence-electron chi connectivity index (χ0n) is 18.4. The molecule has 170 valence electrons. The predicted molar refractivity (Wildman–Crippen MR) is 124 cm³/mol. The second-order valence-corrected chi connectivity index (χ2v) is 8.75. The van der Waals surface area contributed by atoms with Crippen molar-refractivity contribution in [2.24, 2.45) is 0 Å². The molecule has 1 amide bonds. The first-order valence-corrected chi connectivity index (χ1v) is 10.8. The lowest BCUT2D eigenvalue weighted by atomic mass is 10.1. The predicted octanol–water partition coefficient (Wildman–Crippen LogP) is 5.42. The quantitative estimate of drug-likeness (QED) is 0.208. The normalized spacial score (nSPS) is 11.1. The minimum Gasteiger partial charge on any atom is -0.454 e. The largest absolute Gasteiger partial charge is 0.454 e. The van der Waals surface area contributed by atoms with Gasteiger partial charge in [-0.05, 0) is 57.0 Å². The molecule has 0 saturated heterocycles. The summed E-state index contributed by atoms with van der Waals surface area (Å²) in [5.74, 6) is -2.79. The molecule has 0 heterocycles. The van der Waals surface area contributed by atoms with Crippen molar-refractivity contribution in [1.29, 1.82) is 0 Å². The van der Waals surface area contributed by atoms with Gasteiger partial charge < -0.3 is 9.64 Å². The van der Waals surface area contributed by atoms with E-state index in [9.17, 15) is 19.2 Å². The number of Topliss-reactive ketones (excluding diaryl/α,β-unsaturated/α-hetero) is 2. The van der Waals surface area contributed by atoms with Gasteiger partial charge in [0.05, 0.1) is 23.0 Å². The number of halogens is 2. The lowest BCUT2D eigenvalue weighted by Crippen LogP contribution is -2.36. The molecule has 0 spiro atoms. The number of hydrogen-bond acceptors (Lipinski definition) is 5. The van der Waals surface area contributed by atoms with E-state index in [2.05, 4.69) is 0 Å². The fourth-order valence-corrected chi connectivity index (χ4v) is 3.04. The third-order valence-electron chi connectivity index (χ3n) is 4.95. The van der Waals surface area contributed by atoms with E-state index in [0.717, 1.165) is 0 Å². The Morgan fingerprint density at radius 2 is 1.69 bits per heavy atom. The molecule has 2 aromatic rings. The Hall–Kier alpha value is -2.70. The summed E-state index contributed by atoms with van der Waals surface area (Å²) in [5.41, 5.74) is 0.655. The van der Waals surface area contributed by atoms with Crippen LogP contribution >= 0.6 is 23.2 Å². The summed E-state index contributed by atoms with van der Waals surface area (Å²) in [7, 11) is 0. The summed E-state index contributed by atoms with van der Waals surface area (Å²) in [5, 5.41) is 0.679. The van der Waals surface area contributed by atoms with Crippen LogP contribution in [-0.4, -0.2) is 29.0 Å². The summed E-state index contributed by atoms with van der Waals surface area (Å²) in [6.07, 6.45) is -0.161. The van der Waals surface area contributed by atoms with Gasteiger partial charge in [0.1, 0.15) is 5.60 Å². The van der Waals surface area contributed by atoms with Crippen LogP contribution in [0, 0.1) is 0 Å². The Morgan fingerprint density at radius 1 is 1.00 bits per heavy atom. The van der Waals surface area contributed by atoms with Crippen LogP contribution in [-0.2, 0) is 25.7 Å². The van der Waals surface area contributed by atoms with E-state index in [1.807, 2.05) is 6.92 Å². The summed E-state index contributed by atoms with van der Waals surface area (Å²) >= 11 is 12.1. The highest BCUT2D eigenvalue weighted by atomic mass is 35.5. The first-order valence-electron chi connectivity index (χ1n) is 10.0. The molecule has 8 heteroatoms. The van der Waals surface area contributed by atoms with E-state index in [0.29, 0.717) is 33.3 Å². The average molecular weight is 478 g/mol. The van der Waals surface area contributed by atoms with Gasteiger partial charge in [-0.1, -0.05) is 48.3 Å². The molecule has 0 aliphatic heterocycles. The molecular weight excluding hydrogens is 453 g/mol. The fourth-order valence-electron chi connectivity index (χ4n) is 2.72. The van der Waals surface area contributed by atoms with E-state index in [1.54, 1.807) is 56.3 Å². The number of rotatable bonds is 9. The highest BCUT2D eigenvalue weighted by Gasteiger charge is 2.29. The molecule has 2 aromatic carbocycles. The summed E-state index contributed by atoms with van der Waals surface area (Å²) in [6, 6.07) is 11.4. The van der Waals surface area contributed by atoms with Crippen LogP contribution in [0.3, 0.4) is 0 Å². The van der Waals surface area contributed by atoms with Crippen molar-refractivity contribution >= 4 is 52.3 Å². The molecule has 0 saturated carbocycles. The second kappa shape index (κ2) is 10.7. The van der Waals surface area contributed by atoms with Gasteiger partial charge >= 0.3 is 5.97 Å². The van der Waals surface area contributed by atoms with Crippen LogP contribution in [0.2, 0.25) is 10.0 Å². The number of carbonyl (C=O) groups is 4. The Morgan fingerprint density at radius 3 is 2.28 bits per heavy atom. The van der Waals surface area contributed by atoms with Crippen LogP contribution < -0.4 is 4.90 Å². The molecule has 0 aliphatic carbocycles. The summed E-state index contributed by atoms with van der Waals surface area (Å²) in [6.45, 7) is 6.66. The number of benzene rings is 2. The van der Waals surface area contributed by atoms with Gasteiger partial charge in [-0.15, -0.1) is 0 Å². The number of ketones is 2. The standard InChI is InChI=1S/C24H25Cl2NO5/c1-5-24(3,4)32-23(31)21(29)13-22(30)27(14-16-9-10-19(25)20(26)11-16)18-8-6-7-17(12-18)15(2)28/h6-12H,5,13-14H2,1-4H3. The van der Waals surface area contributed by atoms with Crippen molar-refractivity contribution in [3.63, 3.8) is 0 Å². The lowest BCUT2D eigenvalue weighted by molar-refractivity contribution is -0.164. The average Bonchev–Trinajstić information content (AvgIpc) is 2.74. The van der Waals surface area contributed by atoms with Crippen molar-refractivity contribution in [2.45, 2.75) is 52.7 Å². The molecule has 0 atom stereocenters. The minimum absolute atomic E-state index is 0.0554. The molecule has 32 heavy (non-hydrogen) atoms. The maximum absolute atomic E-state index is 13.1. The number of anilines is 1. The summed E-state index contributed by atoms with van der Waals surface area (Å²) in [4.78, 5) is 50.8. The van der Waals surface area contributed by atoms with E-state index in [4.69, 9.17) is 27.9 Å². The first kappa shape index (κ1) is 25.6. The molecule has 2 rings (SSSR count). The molecule has 0 fully saturated rings. The number of nitrogens with zero attached hydrogens (tertiary/aromatic N) is 1. The van der Waals surface area contributed by atoms with Crippen LogP contribution in [0.4, 0.5) is 5.69 Å². The third-order valence-corrected chi connectivity index (χ3v) is 5.69. The van der Waals surface area contributed by atoms with Gasteiger partial charge in [0.2, 0.25) is 11.7 Å². The molecule has 6 nitrogen and oxygen atoms in total. The zero-order valence-corrected chi connectivity index (χ0v) is 19.9. The maximum Gasteiger partial charge on any atom is 0.375 e. The van der Waals surface area contributed by atoms with E-state index >= 15 is 0 Å². The molecular formula is C24H25Cl2NO5. The number of ether oxygens (including phenoxy) is 1. The van der Waals surface area contributed by atoms with Crippen molar-refractivity contribution in [1.82, 2.24) is 0 Å². The van der Waals surface area contributed by atoms with Crippen LogP contribution in [0.25, 0.3) is 0 Å². The highest BCUT2D eigenvalue weighted by molar-refractivity contribution is 6.42. The van der Waals surface area contributed by atoms with E-state index in [1.165, 1.54) is 11.8 Å². The van der Waals surface area contributed by atoms with Crippen molar-refractivity contribution < 1.29 is 23.9 Å². The van der Waals surface area contributed by atoms with Crippen LogP contribution in [0.1, 0.15) is 56.5 Å². The zero-order chi connectivity index (χ0) is 24.1. The van der Waals surface area contributed by atoms with Crippen LogP contribution in [0.5, 0.6) is 0 Å². The number of esters is 1. The molecule has 0 aromatic heterocycles. The van der Waals surface area contributed by atoms with Crippen molar-refractivity contribution in [3.8, 4) is 0 Å². The Kier molecular flexibility index (Phi) is 8.58. The van der Waals surface area contributed by atoms with E-state index in [-0.39, 0.29) is 12.3 Å². The SMILES string of the molecule is CCC(C)(C)OC(=O)C(=O)CC(=O)N(Cc1ccc(Cl)c(Cl)c1)c1cccc(C(C)=O)c1. The fraction of sp³-hybridized carbons (Fsp3) is 0.333. The molecule has 0 radical (unpaired) electrons. The monoisotopic (exact) mass is 477 g/mol. The summed E-state index contributed by atoms with van der Waals surface area (Å²) < 4.78 is 5.20. The lowest BCUT2D eigenvalue weighted by Gasteiger charge is -2.25. The molecule has 0 unspecified atom stereocenters. The van der Waals surface area contributed by atoms with Gasteiger partial charge in [-0.2, -0.15) is 0 Å². The van der Waals surface area contributed by atoms with Gasteiger partial charge in [0.15, 0.2) is 5.78 Å². The minimum atomic E-state index is -1.06. The molecule has 0 N–H and O–H groups in total. The van der Waals surface area contributed by atoms with Gasteiger partial charge in [-0.3, -0.25) is 14.4 Å². The maximum atomic E-state index is 13.1. The Balaban J connectivity index is 2.33. The Bertz CT molecular complexity index is 1050. The van der Waals surface area contributed by atoms with E-state index < -0.39 is 29.7 Å². The second-order valence-electron chi connectivity index (χ2n) is 7.94. The number of hydrogen-bond donors (Lipinski definition) is 0. The van der Waals surface area contributed by atoms with Gasteiger partial charge in [0, 0.05) is 11.3 Å². The van der Waals surface area contributed by atoms with Crippen molar-refractivity contribution in [3.05, 3.63) is 63.6 Å². The first-order chi connectivity index (χ1) is 14.9.